The molecule has 0 saturated carbocycles. The molecule has 7 nitrogen and oxygen atoms in total. The number of aromatic nitrogens is 2. The third-order valence-electron chi connectivity index (χ3n) is 2.95. The van der Waals surface area contributed by atoms with Crippen LogP contribution >= 0.6 is 23.2 Å². The van der Waals surface area contributed by atoms with E-state index in [0.29, 0.717) is 10.3 Å². The van der Waals surface area contributed by atoms with E-state index in [0.717, 1.165) is 11.0 Å². The van der Waals surface area contributed by atoms with Crippen molar-refractivity contribution in [3.63, 3.8) is 0 Å². The van der Waals surface area contributed by atoms with Crippen molar-refractivity contribution in [3.05, 3.63) is 28.5 Å². The summed E-state index contributed by atoms with van der Waals surface area (Å²) in [5.41, 5.74) is 1.58. The third kappa shape index (κ3) is 3.64. The zero-order chi connectivity index (χ0) is 15.6. The number of nitrogens with zero attached hydrogens (tertiary/aromatic N) is 1. The molecule has 1 unspecified atom stereocenters. The van der Waals surface area contributed by atoms with Crippen molar-refractivity contribution in [2.75, 3.05) is 6.61 Å². The van der Waals surface area contributed by atoms with E-state index in [9.17, 15) is 0 Å². The van der Waals surface area contributed by atoms with Crippen LogP contribution in [0.25, 0.3) is 11.0 Å². The highest BCUT2D eigenvalue weighted by atomic mass is 35.5. The molecule has 5 N–H and O–H groups in total. The van der Waals surface area contributed by atoms with Crippen LogP contribution in [0.5, 0.6) is 0 Å². The lowest BCUT2D eigenvalue weighted by Crippen LogP contribution is -2.33. The zero-order valence-corrected chi connectivity index (χ0v) is 12.2. The van der Waals surface area contributed by atoms with Crippen molar-refractivity contribution in [1.82, 2.24) is 9.97 Å². The van der Waals surface area contributed by atoms with Gasteiger partial charge in [-0.05, 0) is 23.7 Å². The van der Waals surface area contributed by atoms with Gasteiger partial charge >= 0.3 is 0 Å². The van der Waals surface area contributed by atoms with Gasteiger partial charge in [-0.1, -0.05) is 17.7 Å². The molecule has 1 aromatic heterocycles. The van der Waals surface area contributed by atoms with Gasteiger partial charge in [0.05, 0.1) is 17.1 Å². The highest BCUT2D eigenvalue weighted by molar-refractivity contribution is 6.35. The standard InChI is InChI=1S/C7H4Cl2N2.C5H10O5/c8-4-2-1-3-5-6(4)11-7(9)10-5;6-1-2-3(7)4(8)5(9)10-2/h1-3H,(H,10,11);2-9H,1H2/t;2-,3-,4-,5?/m.1/s1. The Kier molecular flexibility index (Phi) is 5.39. The number of aromatic amines is 1. The number of benzene rings is 1. The molecule has 1 aliphatic heterocycles. The molecular weight excluding hydrogens is 323 g/mol. The number of nitrogens with one attached hydrogen (secondary N) is 1. The first-order chi connectivity index (χ1) is 9.93. The van der Waals surface area contributed by atoms with E-state index in [2.05, 4.69) is 14.7 Å². The fourth-order valence-corrected chi connectivity index (χ4v) is 2.25. The first-order valence-corrected chi connectivity index (χ1v) is 6.80. The van der Waals surface area contributed by atoms with Gasteiger partial charge in [0.1, 0.15) is 23.8 Å². The van der Waals surface area contributed by atoms with Gasteiger partial charge in [-0.2, -0.15) is 0 Å². The second-order valence-electron chi connectivity index (χ2n) is 4.39. The van der Waals surface area contributed by atoms with E-state index in [1.165, 1.54) is 0 Å². The normalized spacial score (nSPS) is 28.5. The zero-order valence-electron chi connectivity index (χ0n) is 10.6. The summed E-state index contributed by atoms with van der Waals surface area (Å²) in [6, 6.07) is 5.50. The average Bonchev–Trinajstić information content (AvgIpc) is 2.95. The molecule has 9 heteroatoms. The Hall–Kier alpha value is -0.930. The minimum atomic E-state index is -1.38. The van der Waals surface area contributed by atoms with E-state index in [1.807, 2.05) is 12.1 Å². The molecular formula is C12H14Cl2N2O5. The monoisotopic (exact) mass is 336 g/mol. The number of hydrogen-bond acceptors (Lipinski definition) is 6. The molecule has 0 amide bonds. The molecule has 0 radical (unpaired) electrons. The smallest absolute Gasteiger partial charge is 0.201 e. The van der Waals surface area contributed by atoms with Gasteiger partial charge in [0.25, 0.3) is 0 Å². The number of fused-ring (bicyclic) bond motifs is 1. The highest BCUT2D eigenvalue weighted by Gasteiger charge is 2.41. The molecule has 0 aliphatic carbocycles. The quantitative estimate of drug-likeness (QED) is 0.510. The maximum absolute atomic E-state index is 8.93. The summed E-state index contributed by atoms with van der Waals surface area (Å²) in [5, 5.41) is 35.9. The van der Waals surface area contributed by atoms with E-state index < -0.39 is 31.2 Å². The molecule has 2 heterocycles. The fourth-order valence-electron chi connectivity index (χ4n) is 1.85. The van der Waals surface area contributed by atoms with E-state index in [1.54, 1.807) is 6.07 Å². The minimum absolute atomic E-state index is 0.369. The molecule has 3 rings (SSSR count). The van der Waals surface area contributed by atoms with E-state index in [4.69, 9.17) is 43.6 Å². The van der Waals surface area contributed by atoms with Crippen LogP contribution in [0.4, 0.5) is 0 Å². The van der Waals surface area contributed by atoms with Crippen molar-refractivity contribution < 1.29 is 25.2 Å². The second kappa shape index (κ2) is 6.89. The van der Waals surface area contributed by atoms with Crippen LogP contribution in [0.3, 0.4) is 0 Å². The number of rotatable bonds is 1. The topological polar surface area (TPSA) is 119 Å². The number of ether oxygens (including phenoxy) is 1. The van der Waals surface area contributed by atoms with Crippen molar-refractivity contribution >= 4 is 34.2 Å². The summed E-state index contributed by atoms with van der Waals surface area (Å²) in [7, 11) is 0. The predicted octanol–water partition coefficient (Wildman–Crippen LogP) is 0.287. The van der Waals surface area contributed by atoms with E-state index in [-0.39, 0.29) is 0 Å². The van der Waals surface area contributed by atoms with Crippen molar-refractivity contribution in [3.8, 4) is 0 Å². The molecule has 21 heavy (non-hydrogen) atoms. The molecule has 1 saturated heterocycles. The van der Waals surface area contributed by atoms with Gasteiger partial charge in [0, 0.05) is 0 Å². The number of para-hydroxylation sites is 1. The SMILES string of the molecule is Clc1nc2c(Cl)cccc2[nH]1.OC[C@H]1OC(O)[C@H](O)[C@@H]1O. The summed E-state index contributed by atoms with van der Waals surface area (Å²) in [6.07, 6.45) is -4.76. The summed E-state index contributed by atoms with van der Waals surface area (Å²) < 4.78 is 4.54. The maximum atomic E-state index is 8.93. The fraction of sp³-hybridized carbons (Fsp3) is 0.417. The predicted molar refractivity (Wildman–Crippen MR) is 76.1 cm³/mol. The molecule has 1 aromatic carbocycles. The Bertz CT molecular complexity index is 608. The molecule has 4 atom stereocenters. The Morgan fingerprint density at radius 3 is 2.38 bits per heavy atom. The van der Waals surface area contributed by atoms with Gasteiger partial charge in [0.15, 0.2) is 6.29 Å². The average molecular weight is 337 g/mol. The van der Waals surface area contributed by atoms with Gasteiger partial charge in [-0.25, -0.2) is 4.98 Å². The molecule has 0 bridgehead atoms. The van der Waals surface area contributed by atoms with Crippen LogP contribution in [0.15, 0.2) is 18.2 Å². The Labute approximate surface area is 129 Å². The number of halogens is 2. The van der Waals surface area contributed by atoms with E-state index >= 15 is 0 Å². The molecule has 1 aliphatic rings. The third-order valence-corrected chi connectivity index (χ3v) is 3.44. The molecule has 0 spiro atoms. The van der Waals surface area contributed by atoms with Gasteiger partial charge in [-0.15, -0.1) is 0 Å². The van der Waals surface area contributed by atoms with Crippen LogP contribution in [-0.4, -0.2) is 61.6 Å². The largest absolute Gasteiger partial charge is 0.394 e. The summed E-state index contributed by atoms with van der Waals surface area (Å²) >= 11 is 11.5. The number of aliphatic hydroxyl groups is 4. The van der Waals surface area contributed by atoms with Crippen molar-refractivity contribution in [2.45, 2.75) is 24.6 Å². The van der Waals surface area contributed by atoms with Gasteiger partial charge in [0.2, 0.25) is 5.28 Å². The van der Waals surface area contributed by atoms with Crippen molar-refractivity contribution in [2.24, 2.45) is 0 Å². The Morgan fingerprint density at radius 2 is 1.90 bits per heavy atom. The number of hydrogen-bond donors (Lipinski definition) is 5. The molecule has 2 aromatic rings. The van der Waals surface area contributed by atoms with Crippen LogP contribution in [0.1, 0.15) is 0 Å². The van der Waals surface area contributed by atoms with Crippen LogP contribution in [-0.2, 0) is 4.74 Å². The lowest BCUT2D eigenvalue weighted by Gasteiger charge is -2.09. The minimum Gasteiger partial charge on any atom is -0.394 e. The number of imidazole rings is 1. The maximum Gasteiger partial charge on any atom is 0.201 e. The van der Waals surface area contributed by atoms with Crippen LogP contribution < -0.4 is 0 Å². The van der Waals surface area contributed by atoms with Crippen molar-refractivity contribution in [1.29, 1.82) is 0 Å². The lowest BCUT2D eigenvalue weighted by molar-refractivity contribution is -0.132. The highest BCUT2D eigenvalue weighted by Crippen LogP contribution is 2.22. The summed E-state index contributed by atoms with van der Waals surface area (Å²) in [4.78, 5) is 6.86. The Balaban J connectivity index is 0.000000155. The second-order valence-corrected chi connectivity index (χ2v) is 5.16. The summed E-state index contributed by atoms with van der Waals surface area (Å²) in [6.45, 7) is -0.407. The lowest BCUT2D eigenvalue weighted by atomic mass is 10.1. The first-order valence-electron chi connectivity index (χ1n) is 6.04. The van der Waals surface area contributed by atoms with Crippen LogP contribution in [0, 0.1) is 0 Å². The summed E-state index contributed by atoms with van der Waals surface area (Å²) in [5.74, 6) is 0. The van der Waals surface area contributed by atoms with Crippen LogP contribution in [0.2, 0.25) is 10.3 Å². The first kappa shape index (κ1) is 16.4. The number of aliphatic hydroxyl groups excluding tert-OH is 4. The molecule has 116 valence electrons. The number of H-pyrrole nitrogens is 1. The Morgan fingerprint density at radius 1 is 1.19 bits per heavy atom. The van der Waals surface area contributed by atoms with Gasteiger partial charge < -0.3 is 30.1 Å². The molecule has 1 fully saturated rings. The van der Waals surface area contributed by atoms with Gasteiger partial charge in [-0.3, -0.25) is 0 Å².